The fourth-order valence-electron chi connectivity index (χ4n) is 2.63. The van der Waals surface area contributed by atoms with Crippen LogP contribution in [0.3, 0.4) is 0 Å². The molecule has 0 aliphatic heterocycles. The Bertz CT molecular complexity index is 778. The Hall–Kier alpha value is -2.62. The molecule has 2 aromatic heterocycles. The van der Waals surface area contributed by atoms with Crippen molar-refractivity contribution in [2.45, 2.75) is 19.8 Å². The molecule has 0 amide bonds. The second-order valence-corrected chi connectivity index (χ2v) is 5.06. The van der Waals surface area contributed by atoms with Gasteiger partial charge in [0, 0.05) is 24.2 Å². The molecule has 112 valence electrons. The Balaban J connectivity index is 1.96. The van der Waals surface area contributed by atoms with Crippen LogP contribution in [0, 0.1) is 0 Å². The number of para-hydroxylation sites is 1. The van der Waals surface area contributed by atoms with Gasteiger partial charge in [0.05, 0.1) is 24.0 Å². The van der Waals surface area contributed by atoms with Gasteiger partial charge in [0.15, 0.2) is 0 Å². The van der Waals surface area contributed by atoms with Crippen LogP contribution in [-0.2, 0) is 16.0 Å². The molecule has 0 spiro atoms. The van der Waals surface area contributed by atoms with Crippen molar-refractivity contribution in [3.8, 4) is 5.69 Å². The maximum Gasteiger partial charge on any atom is 0.306 e. The summed E-state index contributed by atoms with van der Waals surface area (Å²) in [5, 5.41) is 1.16. The lowest BCUT2D eigenvalue weighted by atomic mass is 10.1. The third kappa shape index (κ3) is 2.86. The van der Waals surface area contributed by atoms with Gasteiger partial charge in [-0.2, -0.15) is 0 Å². The molecule has 0 N–H and O–H groups in total. The van der Waals surface area contributed by atoms with Crippen molar-refractivity contribution in [1.82, 2.24) is 9.55 Å². The van der Waals surface area contributed by atoms with Crippen LogP contribution in [-0.4, -0.2) is 22.1 Å². The van der Waals surface area contributed by atoms with Crippen molar-refractivity contribution in [3.63, 3.8) is 0 Å². The summed E-state index contributed by atoms with van der Waals surface area (Å²) in [4.78, 5) is 15.8. The lowest BCUT2D eigenvalue weighted by molar-refractivity contribution is -0.143. The summed E-state index contributed by atoms with van der Waals surface area (Å²) < 4.78 is 7.13. The van der Waals surface area contributed by atoms with E-state index in [9.17, 15) is 4.79 Å². The predicted molar refractivity (Wildman–Crippen MR) is 86.0 cm³/mol. The molecule has 0 bridgehead atoms. The van der Waals surface area contributed by atoms with Crippen LogP contribution in [0.5, 0.6) is 0 Å². The van der Waals surface area contributed by atoms with Crippen LogP contribution in [0.1, 0.15) is 18.9 Å². The van der Waals surface area contributed by atoms with E-state index < -0.39 is 0 Å². The van der Waals surface area contributed by atoms with E-state index in [-0.39, 0.29) is 5.97 Å². The average Bonchev–Trinajstić information content (AvgIpc) is 2.93. The SMILES string of the molecule is CCOC(=O)CCc1cn(-c2cccnc2)c2ccccc12. The zero-order valence-electron chi connectivity index (χ0n) is 12.5. The van der Waals surface area contributed by atoms with Gasteiger partial charge in [-0.05, 0) is 37.1 Å². The summed E-state index contributed by atoms with van der Waals surface area (Å²) in [7, 11) is 0. The molecule has 0 unspecified atom stereocenters. The molecule has 3 rings (SSSR count). The number of hydrogen-bond donors (Lipinski definition) is 0. The fourth-order valence-corrected chi connectivity index (χ4v) is 2.63. The third-order valence-electron chi connectivity index (χ3n) is 3.62. The molecule has 0 fully saturated rings. The van der Waals surface area contributed by atoms with Crippen LogP contribution in [0.15, 0.2) is 55.0 Å². The summed E-state index contributed by atoms with van der Waals surface area (Å²) in [5.74, 6) is -0.152. The number of aromatic nitrogens is 2. The van der Waals surface area contributed by atoms with Crippen molar-refractivity contribution in [2.24, 2.45) is 0 Å². The first-order valence-corrected chi connectivity index (χ1v) is 7.44. The number of carbonyl (C=O) groups is 1. The van der Waals surface area contributed by atoms with Gasteiger partial charge < -0.3 is 9.30 Å². The summed E-state index contributed by atoms with van der Waals surface area (Å²) in [6.07, 6.45) is 6.75. The number of ether oxygens (including phenoxy) is 1. The number of esters is 1. The molecule has 4 heteroatoms. The second-order valence-electron chi connectivity index (χ2n) is 5.06. The van der Waals surface area contributed by atoms with Crippen LogP contribution in [0.25, 0.3) is 16.6 Å². The number of nitrogens with zero attached hydrogens (tertiary/aromatic N) is 2. The summed E-state index contributed by atoms with van der Waals surface area (Å²) >= 11 is 0. The first-order valence-electron chi connectivity index (χ1n) is 7.44. The van der Waals surface area contributed by atoms with Gasteiger partial charge in [0.25, 0.3) is 0 Å². The summed E-state index contributed by atoms with van der Waals surface area (Å²) in [6.45, 7) is 2.25. The average molecular weight is 294 g/mol. The first kappa shape index (κ1) is 14.3. The summed E-state index contributed by atoms with van der Waals surface area (Å²) in [6, 6.07) is 12.1. The molecule has 0 radical (unpaired) electrons. The van der Waals surface area contributed by atoms with E-state index in [2.05, 4.69) is 27.9 Å². The molecular formula is C18H18N2O2. The van der Waals surface area contributed by atoms with E-state index in [1.54, 1.807) is 6.20 Å². The standard InChI is InChI=1S/C18H18N2O2/c1-2-22-18(21)10-9-14-13-20(15-6-5-11-19-12-15)17-8-4-3-7-16(14)17/h3-8,11-13H,2,9-10H2,1H3. The van der Waals surface area contributed by atoms with E-state index in [0.29, 0.717) is 19.4 Å². The normalized spacial score (nSPS) is 10.8. The van der Waals surface area contributed by atoms with Gasteiger partial charge in [-0.25, -0.2) is 0 Å². The highest BCUT2D eigenvalue weighted by atomic mass is 16.5. The van der Waals surface area contributed by atoms with E-state index in [0.717, 1.165) is 22.2 Å². The van der Waals surface area contributed by atoms with E-state index >= 15 is 0 Å². The minimum absolute atomic E-state index is 0.152. The van der Waals surface area contributed by atoms with Gasteiger partial charge in [-0.1, -0.05) is 18.2 Å². The second kappa shape index (κ2) is 6.43. The Labute approximate surface area is 129 Å². The maximum absolute atomic E-state index is 11.6. The van der Waals surface area contributed by atoms with Crippen LogP contribution >= 0.6 is 0 Å². The Morgan fingerprint density at radius 1 is 1.23 bits per heavy atom. The lowest BCUT2D eigenvalue weighted by Gasteiger charge is -2.03. The molecule has 22 heavy (non-hydrogen) atoms. The minimum atomic E-state index is -0.152. The van der Waals surface area contributed by atoms with E-state index in [1.807, 2.05) is 37.4 Å². The van der Waals surface area contributed by atoms with Crippen LogP contribution < -0.4 is 0 Å². The highest BCUT2D eigenvalue weighted by Gasteiger charge is 2.11. The molecule has 0 atom stereocenters. The van der Waals surface area contributed by atoms with Crippen LogP contribution in [0.4, 0.5) is 0 Å². The fraction of sp³-hybridized carbons (Fsp3) is 0.222. The number of carbonyl (C=O) groups excluding carboxylic acids is 1. The molecule has 3 aromatic rings. The smallest absolute Gasteiger partial charge is 0.306 e. The number of rotatable bonds is 5. The predicted octanol–water partition coefficient (Wildman–Crippen LogP) is 3.52. The number of pyridine rings is 1. The number of benzene rings is 1. The topological polar surface area (TPSA) is 44.1 Å². The minimum Gasteiger partial charge on any atom is -0.466 e. The molecular weight excluding hydrogens is 276 g/mol. The molecule has 0 aliphatic carbocycles. The highest BCUT2D eigenvalue weighted by molar-refractivity contribution is 5.86. The third-order valence-corrected chi connectivity index (χ3v) is 3.62. The largest absolute Gasteiger partial charge is 0.466 e. The van der Waals surface area contributed by atoms with Crippen molar-refractivity contribution >= 4 is 16.9 Å². The quantitative estimate of drug-likeness (QED) is 0.676. The Morgan fingerprint density at radius 2 is 2.09 bits per heavy atom. The number of fused-ring (bicyclic) bond motifs is 1. The van der Waals surface area contributed by atoms with Gasteiger partial charge in [0.1, 0.15) is 0 Å². The molecule has 0 saturated carbocycles. The number of hydrogen-bond acceptors (Lipinski definition) is 3. The molecule has 2 heterocycles. The Morgan fingerprint density at radius 3 is 2.86 bits per heavy atom. The zero-order valence-corrected chi connectivity index (χ0v) is 12.5. The molecule has 4 nitrogen and oxygen atoms in total. The van der Waals surface area contributed by atoms with Crippen molar-refractivity contribution in [1.29, 1.82) is 0 Å². The van der Waals surface area contributed by atoms with Crippen molar-refractivity contribution < 1.29 is 9.53 Å². The van der Waals surface area contributed by atoms with Gasteiger partial charge in [0.2, 0.25) is 0 Å². The van der Waals surface area contributed by atoms with Crippen molar-refractivity contribution in [2.75, 3.05) is 6.61 Å². The molecule has 1 aromatic carbocycles. The Kier molecular flexibility index (Phi) is 4.19. The maximum atomic E-state index is 11.6. The molecule has 0 aliphatic rings. The number of aryl methyl sites for hydroxylation is 1. The van der Waals surface area contributed by atoms with Gasteiger partial charge in [-0.15, -0.1) is 0 Å². The first-order chi connectivity index (χ1) is 10.8. The van der Waals surface area contributed by atoms with E-state index in [4.69, 9.17) is 4.74 Å². The highest BCUT2D eigenvalue weighted by Crippen LogP contribution is 2.25. The summed E-state index contributed by atoms with van der Waals surface area (Å²) in [5.41, 5.74) is 3.28. The van der Waals surface area contributed by atoms with Gasteiger partial charge >= 0.3 is 5.97 Å². The zero-order chi connectivity index (χ0) is 15.4. The van der Waals surface area contributed by atoms with Crippen molar-refractivity contribution in [3.05, 3.63) is 60.6 Å². The monoisotopic (exact) mass is 294 g/mol. The lowest BCUT2D eigenvalue weighted by Crippen LogP contribution is -2.04. The molecule has 0 saturated heterocycles. The van der Waals surface area contributed by atoms with Crippen LogP contribution in [0.2, 0.25) is 0 Å². The van der Waals surface area contributed by atoms with E-state index in [1.165, 1.54) is 0 Å². The van der Waals surface area contributed by atoms with Gasteiger partial charge in [-0.3, -0.25) is 9.78 Å².